The minimum atomic E-state index is -0.432. The number of aromatic nitrogens is 1. The Morgan fingerprint density at radius 2 is 2.20 bits per heavy atom. The summed E-state index contributed by atoms with van der Waals surface area (Å²) in [5.74, 6) is -0.216. The van der Waals surface area contributed by atoms with Crippen molar-refractivity contribution in [2.24, 2.45) is 0 Å². The van der Waals surface area contributed by atoms with Gasteiger partial charge in [-0.05, 0) is 30.3 Å². The molecule has 1 aliphatic heterocycles. The van der Waals surface area contributed by atoms with Crippen LogP contribution in [0.15, 0.2) is 47.5 Å². The number of fused-ring (bicyclic) bond motifs is 1. The first kappa shape index (κ1) is 17.8. The van der Waals surface area contributed by atoms with Crippen LogP contribution >= 0.6 is 23.4 Å². The summed E-state index contributed by atoms with van der Waals surface area (Å²) < 4.78 is 0. The molecule has 1 atom stereocenters. The Hall–Kier alpha value is -2.05. The molecule has 0 saturated heterocycles. The van der Waals surface area contributed by atoms with Gasteiger partial charge in [0, 0.05) is 48.2 Å². The second-order valence-electron chi connectivity index (χ2n) is 5.83. The normalized spacial score (nSPS) is 16.1. The Kier molecular flexibility index (Phi) is 5.60. The summed E-state index contributed by atoms with van der Waals surface area (Å²) in [5.41, 5.74) is 1.65. The van der Waals surface area contributed by atoms with E-state index in [0.717, 1.165) is 10.6 Å². The summed E-state index contributed by atoms with van der Waals surface area (Å²) in [7, 11) is 1.75. The topological polar surface area (TPSA) is 62.3 Å². The number of rotatable bonds is 5. The zero-order valence-corrected chi connectivity index (χ0v) is 15.3. The van der Waals surface area contributed by atoms with Crippen molar-refractivity contribution in [1.82, 2.24) is 9.88 Å². The lowest BCUT2D eigenvalue weighted by Crippen LogP contribution is -2.36. The predicted octanol–water partition coefficient (Wildman–Crippen LogP) is 3.24. The molecule has 0 bridgehead atoms. The third-order valence-electron chi connectivity index (χ3n) is 3.98. The Morgan fingerprint density at radius 3 is 2.96 bits per heavy atom. The summed E-state index contributed by atoms with van der Waals surface area (Å²) >= 11 is 7.35. The van der Waals surface area contributed by atoms with Crippen molar-refractivity contribution in [3.63, 3.8) is 0 Å². The molecule has 0 fully saturated rings. The van der Waals surface area contributed by atoms with Crippen LogP contribution < -0.4 is 5.32 Å². The van der Waals surface area contributed by atoms with Crippen molar-refractivity contribution in [3.05, 3.63) is 53.3 Å². The fourth-order valence-electron chi connectivity index (χ4n) is 2.52. The lowest BCUT2D eigenvalue weighted by atomic mass is 10.2. The molecule has 25 heavy (non-hydrogen) atoms. The minimum absolute atomic E-state index is 0.0546. The molecule has 7 heteroatoms. The molecule has 1 aliphatic rings. The van der Waals surface area contributed by atoms with Crippen molar-refractivity contribution in [1.29, 1.82) is 0 Å². The average molecular weight is 376 g/mol. The maximum Gasteiger partial charge on any atom is 0.238 e. The number of nitrogens with one attached hydrogen (secondary N) is 1. The molecule has 1 unspecified atom stereocenters. The first-order valence-electron chi connectivity index (χ1n) is 7.94. The Morgan fingerprint density at radius 1 is 1.36 bits per heavy atom. The highest BCUT2D eigenvalue weighted by atomic mass is 35.5. The highest BCUT2D eigenvalue weighted by Crippen LogP contribution is 2.38. The number of anilines is 1. The van der Waals surface area contributed by atoms with Crippen molar-refractivity contribution in [3.8, 4) is 0 Å². The second kappa shape index (κ2) is 7.89. The van der Waals surface area contributed by atoms with E-state index in [1.54, 1.807) is 30.3 Å². The molecule has 1 aromatic heterocycles. The lowest BCUT2D eigenvalue weighted by molar-refractivity contribution is -0.131. The van der Waals surface area contributed by atoms with Gasteiger partial charge < -0.3 is 10.2 Å². The fraction of sp³-hybridized carbons (Fsp3) is 0.278. The molecule has 0 saturated carbocycles. The molecule has 2 heterocycles. The Bertz CT molecular complexity index is 785. The maximum atomic E-state index is 12.4. The molecule has 1 aromatic carbocycles. The molecule has 2 aromatic rings. The van der Waals surface area contributed by atoms with Gasteiger partial charge in [-0.15, -0.1) is 11.8 Å². The van der Waals surface area contributed by atoms with E-state index < -0.39 is 5.25 Å². The molecule has 0 aliphatic carbocycles. The van der Waals surface area contributed by atoms with Crippen LogP contribution in [0.25, 0.3) is 0 Å². The van der Waals surface area contributed by atoms with E-state index in [4.69, 9.17) is 11.6 Å². The van der Waals surface area contributed by atoms with Crippen molar-refractivity contribution in [2.75, 3.05) is 18.9 Å². The van der Waals surface area contributed by atoms with E-state index in [1.807, 2.05) is 24.3 Å². The third-order valence-corrected chi connectivity index (χ3v) is 5.49. The van der Waals surface area contributed by atoms with E-state index in [9.17, 15) is 9.59 Å². The van der Waals surface area contributed by atoms with Crippen LogP contribution in [-0.4, -0.2) is 40.5 Å². The molecule has 0 spiro atoms. The molecular formula is C18H18ClN3O2S. The zero-order valence-electron chi connectivity index (χ0n) is 13.7. The number of thioether (sulfide) groups is 1. The summed E-state index contributed by atoms with van der Waals surface area (Å²) in [4.78, 5) is 31.5. The number of hydrogen-bond acceptors (Lipinski definition) is 4. The number of benzene rings is 1. The summed E-state index contributed by atoms with van der Waals surface area (Å²) in [6.45, 7) is 0.570. The predicted molar refractivity (Wildman–Crippen MR) is 99.9 cm³/mol. The van der Waals surface area contributed by atoms with Crippen LogP contribution in [0.2, 0.25) is 5.02 Å². The largest absolute Gasteiger partial charge is 0.345 e. The minimum Gasteiger partial charge on any atom is -0.345 e. The number of pyridine rings is 1. The van der Waals surface area contributed by atoms with Gasteiger partial charge in [0.05, 0.1) is 10.9 Å². The van der Waals surface area contributed by atoms with E-state index in [-0.39, 0.29) is 18.2 Å². The molecule has 5 nitrogen and oxygen atoms in total. The Balaban J connectivity index is 1.57. The van der Waals surface area contributed by atoms with Crippen molar-refractivity contribution in [2.45, 2.75) is 23.0 Å². The lowest BCUT2D eigenvalue weighted by Gasteiger charge is -2.25. The van der Waals surface area contributed by atoms with Gasteiger partial charge in [0.25, 0.3) is 0 Å². The van der Waals surface area contributed by atoms with Crippen LogP contribution in [0, 0.1) is 0 Å². The van der Waals surface area contributed by atoms with Gasteiger partial charge in [-0.25, -0.2) is 0 Å². The molecular weight excluding hydrogens is 358 g/mol. The number of hydrogen-bond donors (Lipinski definition) is 1. The fourth-order valence-corrected chi connectivity index (χ4v) is 3.78. The molecule has 0 radical (unpaired) electrons. The van der Waals surface area contributed by atoms with Gasteiger partial charge in [0.1, 0.15) is 0 Å². The third kappa shape index (κ3) is 4.52. The smallest absolute Gasteiger partial charge is 0.238 e. The first-order valence-corrected chi connectivity index (χ1v) is 9.19. The second-order valence-corrected chi connectivity index (χ2v) is 7.51. The SMILES string of the molecule is CN(CCc1ccccn1)C(=O)CC1Sc2ccc(Cl)cc2NC1=O. The van der Waals surface area contributed by atoms with E-state index in [1.165, 1.54) is 11.8 Å². The van der Waals surface area contributed by atoms with Crippen molar-refractivity contribution >= 4 is 40.9 Å². The quantitative estimate of drug-likeness (QED) is 0.871. The van der Waals surface area contributed by atoms with Gasteiger partial charge in [-0.3, -0.25) is 14.6 Å². The van der Waals surface area contributed by atoms with Gasteiger partial charge in [-0.2, -0.15) is 0 Å². The number of carbonyl (C=O) groups excluding carboxylic acids is 2. The van der Waals surface area contributed by atoms with E-state index in [2.05, 4.69) is 10.3 Å². The maximum absolute atomic E-state index is 12.4. The number of amides is 2. The first-order chi connectivity index (χ1) is 12.0. The van der Waals surface area contributed by atoms with Crippen LogP contribution in [0.5, 0.6) is 0 Å². The summed E-state index contributed by atoms with van der Waals surface area (Å²) in [6.07, 6.45) is 2.59. The van der Waals surface area contributed by atoms with Gasteiger partial charge in [-0.1, -0.05) is 17.7 Å². The zero-order chi connectivity index (χ0) is 17.8. The standard InChI is InChI=1S/C18H18ClN3O2S/c1-22(9-7-13-4-2-3-8-20-13)17(23)11-16-18(24)21-14-10-12(19)5-6-15(14)25-16/h2-6,8,10,16H,7,9,11H2,1H3,(H,21,24). The monoisotopic (exact) mass is 375 g/mol. The average Bonchev–Trinajstić information content (AvgIpc) is 2.61. The highest BCUT2D eigenvalue weighted by Gasteiger charge is 2.30. The van der Waals surface area contributed by atoms with Crippen LogP contribution in [0.4, 0.5) is 5.69 Å². The van der Waals surface area contributed by atoms with Crippen LogP contribution in [-0.2, 0) is 16.0 Å². The van der Waals surface area contributed by atoms with Gasteiger partial charge in [0.2, 0.25) is 11.8 Å². The van der Waals surface area contributed by atoms with Crippen LogP contribution in [0.1, 0.15) is 12.1 Å². The molecule has 2 amide bonds. The van der Waals surface area contributed by atoms with Gasteiger partial charge >= 0.3 is 0 Å². The number of nitrogens with zero attached hydrogens (tertiary/aromatic N) is 2. The summed E-state index contributed by atoms with van der Waals surface area (Å²) in [6, 6.07) is 11.1. The number of carbonyl (C=O) groups is 2. The number of likely N-dealkylation sites (N-methyl/N-ethyl adjacent to an activating group) is 1. The van der Waals surface area contributed by atoms with E-state index >= 15 is 0 Å². The molecule has 3 rings (SSSR count). The van der Waals surface area contributed by atoms with Crippen LogP contribution in [0.3, 0.4) is 0 Å². The Labute approximate surface area is 155 Å². The molecule has 130 valence electrons. The van der Waals surface area contributed by atoms with Gasteiger partial charge in [0.15, 0.2) is 0 Å². The number of halogens is 1. The summed E-state index contributed by atoms with van der Waals surface area (Å²) in [5, 5.41) is 2.97. The molecule has 1 N–H and O–H groups in total. The highest BCUT2D eigenvalue weighted by molar-refractivity contribution is 8.01. The van der Waals surface area contributed by atoms with E-state index in [0.29, 0.717) is 23.7 Å². The van der Waals surface area contributed by atoms with Crippen molar-refractivity contribution < 1.29 is 9.59 Å².